The van der Waals surface area contributed by atoms with Gasteiger partial charge in [0.2, 0.25) is 0 Å². The van der Waals surface area contributed by atoms with Crippen molar-refractivity contribution in [3.8, 4) is 0 Å². The second-order valence-corrected chi connectivity index (χ2v) is 3.63. The summed E-state index contributed by atoms with van der Waals surface area (Å²) in [7, 11) is 0. The Morgan fingerprint density at radius 2 is 1.55 bits per heavy atom. The Hall–Kier alpha value is -0.370. The van der Waals surface area contributed by atoms with Crippen LogP contribution in [-0.2, 0) is 4.79 Å². The van der Waals surface area contributed by atoms with E-state index in [1.807, 2.05) is 0 Å². The molecule has 2 fully saturated rings. The molecule has 0 amide bonds. The van der Waals surface area contributed by atoms with Gasteiger partial charge in [0, 0.05) is 6.42 Å². The van der Waals surface area contributed by atoms with E-state index >= 15 is 0 Å². The molecule has 0 saturated carbocycles. The first-order valence-electron chi connectivity index (χ1n) is 4.18. The van der Waals surface area contributed by atoms with Gasteiger partial charge in [-0.2, -0.15) is 0 Å². The van der Waals surface area contributed by atoms with Crippen LogP contribution in [0.25, 0.3) is 0 Å². The molecule has 2 aliphatic rings. The number of rotatable bonds is 0. The lowest BCUT2D eigenvalue weighted by molar-refractivity contribution is -0.964. The maximum absolute atomic E-state index is 10.9. The topological polar surface area (TPSA) is 17.1 Å². The van der Waals surface area contributed by atoms with Gasteiger partial charge in [0.05, 0.1) is 39.0 Å². The minimum atomic E-state index is 0. The van der Waals surface area contributed by atoms with Gasteiger partial charge in [-0.25, -0.2) is 0 Å². The molecular formula is C9H17NO. The van der Waals surface area contributed by atoms with Gasteiger partial charge in [0.15, 0.2) is 0 Å². The van der Waals surface area contributed by atoms with E-state index in [4.69, 9.17) is 0 Å². The normalized spacial score (nSPS) is 27.5. The Kier molecular flexibility index (Phi) is 2.33. The minimum absolute atomic E-state index is 0. The number of ketones is 1. The molecular weight excluding hydrogens is 138 g/mol. The summed E-state index contributed by atoms with van der Waals surface area (Å²) in [6.07, 6.45) is 3.08. The zero-order chi connectivity index (χ0) is 7.03. The molecule has 64 valence electrons. The number of hydrogen-bond donors (Lipinski definition) is 0. The molecule has 0 aromatic heterocycles. The number of piperidine rings is 1. The third kappa shape index (κ3) is 1.45. The summed E-state index contributed by atoms with van der Waals surface area (Å²) in [5, 5.41) is 0. The van der Waals surface area contributed by atoms with Gasteiger partial charge in [-0.1, -0.05) is 0 Å². The van der Waals surface area contributed by atoms with Gasteiger partial charge < -0.3 is 11.9 Å². The zero-order valence-electron chi connectivity index (χ0n) is 7.31. The highest BCUT2D eigenvalue weighted by atomic mass is 16.1. The van der Waals surface area contributed by atoms with Crippen molar-refractivity contribution < 1.29 is 9.28 Å². The molecule has 2 heterocycles. The summed E-state index contributed by atoms with van der Waals surface area (Å²) in [6, 6.07) is 0. The van der Waals surface area contributed by atoms with Crippen LogP contribution in [0.4, 0.5) is 0 Å². The Labute approximate surface area is 68.8 Å². The van der Waals surface area contributed by atoms with Crippen molar-refractivity contribution in [2.75, 3.05) is 26.2 Å². The van der Waals surface area contributed by atoms with Crippen LogP contribution < -0.4 is 0 Å². The molecule has 11 heavy (non-hydrogen) atoms. The van der Waals surface area contributed by atoms with Crippen LogP contribution in [0.5, 0.6) is 0 Å². The second-order valence-electron chi connectivity index (χ2n) is 3.63. The molecule has 0 N–H and O–H groups in total. The van der Waals surface area contributed by atoms with Crippen molar-refractivity contribution >= 4 is 5.78 Å². The lowest BCUT2D eigenvalue weighted by atomic mass is 10.0. The van der Waals surface area contributed by atoms with Crippen LogP contribution in [0.3, 0.4) is 0 Å². The van der Waals surface area contributed by atoms with Crippen LogP contribution in [0.2, 0.25) is 0 Å². The van der Waals surface area contributed by atoms with Crippen molar-refractivity contribution in [2.24, 2.45) is 0 Å². The number of nitrogens with zero attached hydrogens (tertiary/aromatic N) is 1. The number of carbonyl (C=O) groups excluding carboxylic acids is 1. The average Bonchev–Trinajstić information content (AvgIpc) is 1.86. The van der Waals surface area contributed by atoms with Crippen molar-refractivity contribution in [1.29, 1.82) is 0 Å². The van der Waals surface area contributed by atoms with E-state index in [-0.39, 0.29) is 7.43 Å². The second kappa shape index (κ2) is 2.94. The molecule has 0 radical (unpaired) electrons. The minimum Gasteiger partial charge on any atom is -0.358 e. The van der Waals surface area contributed by atoms with Crippen LogP contribution in [0.1, 0.15) is 19.3 Å². The van der Waals surface area contributed by atoms with Crippen molar-refractivity contribution in [1.82, 2.24) is 0 Å². The van der Waals surface area contributed by atoms with Crippen molar-refractivity contribution in [3.05, 3.63) is 7.43 Å². The van der Waals surface area contributed by atoms with E-state index in [1.54, 1.807) is 0 Å². The molecule has 1 spiro atoms. The van der Waals surface area contributed by atoms with E-state index in [0.29, 0.717) is 5.78 Å². The predicted molar refractivity (Wildman–Crippen MR) is 45.0 cm³/mol. The lowest BCUT2D eigenvalue weighted by Gasteiger charge is -2.47. The van der Waals surface area contributed by atoms with Crippen molar-refractivity contribution in [2.45, 2.75) is 19.3 Å². The molecule has 0 unspecified atom stereocenters. The number of quaternary nitrogens is 1. The first-order chi connectivity index (χ1) is 4.81. The maximum Gasteiger partial charge on any atom is 0.144 e. The van der Waals surface area contributed by atoms with Crippen LogP contribution in [-0.4, -0.2) is 36.4 Å². The Morgan fingerprint density at radius 3 is 1.91 bits per heavy atom. The van der Waals surface area contributed by atoms with Crippen LogP contribution in [0, 0.1) is 7.43 Å². The molecule has 2 nitrogen and oxygen atoms in total. The molecule has 2 aliphatic heterocycles. The third-order valence-corrected chi connectivity index (χ3v) is 2.99. The molecule has 0 atom stereocenters. The third-order valence-electron chi connectivity index (χ3n) is 2.99. The SMILES string of the molecule is O=C1CC[N+]2(CCC2)CC1.[CH3-]. The number of Topliss-reactive ketones (excluding diaryl/α,β-unsaturated/α-hetero) is 1. The van der Waals surface area contributed by atoms with Gasteiger partial charge in [0.25, 0.3) is 0 Å². The highest BCUT2D eigenvalue weighted by Crippen LogP contribution is 2.24. The zero-order valence-corrected chi connectivity index (χ0v) is 7.31. The summed E-state index contributed by atoms with van der Waals surface area (Å²) in [4.78, 5) is 10.9. The largest absolute Gasteiger partial charge is 0.358 e. The average molecular weight is 155 g/mol. The van der Waals surface area contributed by atoms with Gasteiger partial charge >= 0.3 is 0 Å². The predicted octanol–water partition coefficient (Wildman–Crippen LogP) is 1.02. The standard InChI is InChI=1S/C8H14NO.CH3/c10-8-2-6-9(7-3-8)4-1-5-9;/h1-7H2;1H3/q+1;-1. The quantitative estimate of drug-likeness (QED) is 0.377. The van der Waals surface area contributed by atoms with Crippen LogP contribution >= 0.6 is 0 Å². The van der Waals surface area contributed by atoms with Gasteiger partial charge in [-0.05, 0) is 0 Å². The molecule has 2 rings (SSSR count). The summed E-state index contributed by atoms with van der Waals surface area (Å²) in [6.45, 7) is 4.96. The van der Waals surface area contributed by atoms with E-state index < -0.39 is 0 Å². The lowest BCUT2D eigenvalue weighted by Crippen LogP contribution is -2.61. The van der Waals surface area contributed by atoms with E-state index in [1.165, 1.54) is 24.0 Å². The fourth-order valence-corrected chi connectivity index (χ4v) is 2.01. The summed E-state index contributed by atoms with van der Waals surface area (Å²) in [5.74, 6) is 0.482. The van der Waals surface area contributed by atoms with E-state index in [0.717, 1.165) is 25.9 Å². The summed E-state index contributed by atoms with van der Waals surface area (Å²) in [5.41, 5.74) is 0. The molecule has 0 aliphatic carbocycles. The van der Waals surface area contributed by atoms with Crippen LogP contribution in [0.15, 0.2) is 0 Å². The molecule has 0 bridgehead atoms. The van der Waals surface area contributed by atoms with E-state index in [9.17, 15) is 4.79 Å². The van der Waals surface area contributed by atoms with E-state index in [2.05, 4.69) is 0 Å². The highest BCUT2D eigenvalue weighted by molar-refractivity contribution is 5.79. The fraction of sp³-hybridized carbons (Fsp3) is 0.778. The Balaban J connectivity index is 0.000000605. The Morgan fingerprint density at radius 1 is 1.00 bits per heavy atom. The highest BCUT2D eigenvalue weighted by Gasteiger charge is 2.38. The van der Waals surface area contributed by atoms with Crippen molar-refractivity contribution in [3.63, 3.8) is 0 Å². The fourth-order valence-electron chi connectivity index (χ4n) is 2.01. The maximum atomic E-state index is 10.9. The monoisotopic (exact) mass is 155 g/mol. The number of carbonyl (C=O) groups is 1. The smallest absolute Gasteiger partial charge is 0.144 e. The molecule has 0 aromatic rings. The van der Waals surface area contributed by atoms with Gasteiger partial charge in [0.1, 0.15) is 5.78 Å². The first kappa shape index (κ1) is 8.72. The van der Waals surface area contributed by atoms with Gasteiger partial charge in [-0.15, -0.1) is 0 Å². The molecule has 0 aromatic carbocycles. The summed E-state index contributed by atoms with van der Waals surface area (Å²) < 4.78 is 1.27. The molecule has 2 saturated heterocycles. The first-order valence-corrected chi connectivity index (χ1v) is 4.18. The molecule has 2 heteroatoms. The Bertz CT molecular complexity index is 149. The van der Waals surface area contributed by atoms with Gasteiger partial charge in [-0.3, -0.25) is 4.79 Å². The number of hydrogen-bond acceptors (Lipinski definition) is 1. The summed E-state index contributed by atoms with van der Waals surface area (Å²) >= 11 is 0.